The van der Waals surface area contributed by atoms with Crippen molar-refractivity contribution >= 4 is 5.97 Å². The fourth-order valence-electron chi connectivity index (χ4n) is 4.99. The molecule has 180 valence electrons. The van der Waals surface area contributed by atoms with Crippen molar-refractivity contribution in [3.63, 3.8) is 0 Å². The van der Waals surface area contributed by atoms with Gasteiger partial charge in [-0.3, -0.25) is 0 Å². The lowest BCUT2D eigenvalue weighted by Crippen LogP contribution is -2.49. The topological polar surface area (TPSA) is 74.2 Å². The molecule has 2 heterocycles. The average Bonchev–Trinajstić information content (AvgIpc) is 2.84. The third-order valence-electron chi connectivity index (χ3n) is 7.17. The number of fused-ring (bicyclic) bond motifs is 1. The molecule has 0 amide bonds. The van der Waals surface area contributed by atoms with E-state index in [0.29, 0.717) is 32.0 Å². The Morgan fingerprint density at radius 1 is 1.18 bits per heavy atom. The summed E-state index contributed by atoms with van der Waals surface area (Å²) in [5, 5.41) is 9.63. The lowest BCUT2D eigenvalue weighted by molar-refractivity contribution is -0.184. The van der Waals surface area contributed by atoms with Crippen molar-refractivity contribution in [3.05, 3.63) is 53.3 Å². The van der Waals surface area contributed by atoms with Gasteiger partial charge in [-0.15, -0.1) is 0 Å². The minimum atomic E-state index is -1.08. The summed E-state index contributed by atoms with van der Waals surface area (Å²) in [6.45, 7) is 6.77. The van der Waals surface area contributed by atoms with Crippen molar-refractivity contribution in [1.29, 1.82) is 0 Å². The normalized spacial score (nSPS) is 27.5. The van der Waals surface area contributed by atoms with E-state index in [-0.39, 0.29) is 12.0 Å². The summed E-state index contributed by atoms with van der Waals surface area (Å²) < 4.78 is 23.4. The second-order valence-corrected chi connectivity index (χ2v) is 9.33. The number of benzene rings is 1. The zero-order valence-corrected chi connectivity index (χ0v) is 19.8. The number of rotatable bonds is 9. The monoisotopic (exact) mass is 456 g/mol. The molecule has 0 aromatic heterocycles. The molecule has 0 spiro atoms. The third-order valence-corrected chi connectivity index (χ3v) is 7.17. The molecular formula is C27H36O6. The molecule has 4 rings (SSSR count). The van der Waals surface area contributed by atoms with Crippen molar-refractivity contribution in [2.45, 2.75) is 70.0 Å². The summed E-state index contributed by atoms with van der Waals surface area (Å²) >= 11 is 0. The number of hydrogen-bond donors (Lipinski definition) is 1. The predicted octanol–water partition coefficient (Wildman–Crippen LogP) is 5.16. The maximum absolute atomic E-state index is 11.7. The Labute approximate surface area is 196 Å². The van der Waals surface area contributed by atoms with Gasteiger partial charge in [0.1, 0.15) is 11.5 Å². The van der Waals surface area contributed by atoms with Crippen LogP contribution in [0.4, 0.5) is 0 Å². The Morgan fingerprint density at radius 2 is 1.97 bits per heavy atom. The maximum Gasteiger partial charge on any atom is 0.335 e. The fraction of sp³-hybridized carbons (Fsp3) is 0.593. The molecule has 33 heavy (non-hydrogen) atoms. The molecule has 1 aromatic carbocycles. The highest BCUT2D eigenvalue weighted by molar-refractivity contribution is 5.77. The van der Waals surface area contributed by atoms with Crippen LogP contribution in [0.3, 0.4) is 0 Å². The third kappa shape index (κ3) is 5.61. The van der Waals surface area contributed by atoms with E-state index in [0.717, 1.165) is 56.0 Å². The van der Waals surface area contributed by atoms with Crippen molar-refractivity contribution in [2.24, 2.45) is 5.92 Å². The van der Waals surface area contributed by atoms with Crippen LogP contribution < -0.4 is 4.74 Å². The molecule has 2 aliphatic heterocycles. The Kier molecular flexibility index (Phi) is 7.76. The molecular weight excluding hydrogens is 420 g/mol. The molecule has 6 heteroatoms. The number of aliphatic carboxylic acids is 1. The van der Waals surface area contributed by atoms with Crippen LogP contribution in [-0.4, -0.2) is 49.2 Å². The highest BCUT2D eigenvalue weighted by Crippen LogP contribution is 2.38. The second kappa shape index (κ2) is 10.7. The quantitative estimate of drug-likeness (QED) is 0.518. The minimum absolute atomic E-state index is 0.215. The molecule has 0 bridgehead atoms. The SMILES string of the molecule is CC[C@]1(C(=O)O)CCC2C=CC(OCCCOc3ccc(C4CCOCC4)cc3C)=CC2O1. The van der Waals surface area contributed by atoms with Gasteiger partial charge >= 0.3 is 5.97 Å². The number of carboxylic acid groups (broad SMARTS) is 1. The Balaban J connectivity index is 1.22. The average molecular weight is 457 g/mol. The van der Waals surface area contributed by atoms with Crippen molar-refractivity contribution in [3.8, 4) is 5.75 Å². The number of allylic oxidation sites excluding steroid dienone is 1. The minimum Gasteiger partial charge on any atom is -0.494 e. The fourth-order valence-corrected chi connectivity index (χ4v) is 4.99. The maximum atomic E-state index is 11.7. The van der Waals surface area contributed by atoms with Crippen molar-refractivity contribution in [2.75, 3.05) is 26.4 Å². The van der Waals surface area contributed by atoms with Crippen LogP contribution in [0.1, 0.15) is 62.5 Å². The van der Waals surface area contributed by atoms with E-state index in [4.69, 9.17) is 18.9 Å². The van der Waals surface area contributed by atoms with Gasteiger partial charge in [-0.2, -0.15) is 0 Å². The van der Waals surface area contributed by atoms with E-state index in [1.807, 2.05) is 19.1 Å². The van der Waals surface area contributed by atoms with E-state index >= 15 is 0 Å². The second-order valence-electron chi connectivity index (χ2n) is 9.33. The van der Waals surface area contributed by atoms with Crippen LogP contribution in [0, 0.1) is 12.8 Å². The van der Waals surface area contributed by atoms with Crippen LogP contribution in [-0.2, 0) is 19.0 Å². The number of ether oxygens (including phenoxy) is 4. The molecule has 1 N–H and O–H groups in total. The number of aryl methyl sites for hydroxylation is 1. The molecule has 3 atom stereocenters. The number of hydrogen-bond acceptors (Lipinski definition) is 5. The van der Waals surface area contributed by atoms with Crippen molar-refractivity contribution in [1.82, 2.24) is 0 Å². The summed E-state index contributed by atoms with van der Waals surface area (Å²) in [5.41, 5.74) is 1.46. The summed E-state index contributed by atoms with van der Waals surface area (Å²) in [4.78, 5) is 11.7. The molecule has 6 nitrogen and oxygen atoms in total. The van der Waals surface area contributed by atoms with E-state index in [1.165, 1.54) is 5.56 Å². The molecule has 2 unspecified atom stereocenters. The van der Waals surface area contributed by atoms with Gasteiger partial charge in [0.2, 0.25) is 0 Å². The van der Waals surface area contributed by atoms with Crippen LogP contribution in [0.2, 0.25) is 0 Å². The van der Waals surface area contributed by atoms with E-state index in [2.05, 4.69) is 31.2 Å². The van der Waals surface area contributed by atoms with Crippen molar-refractivity contribution < 1.29 is 28.8 Å². The van der Waals surface area contributed by atoms with Crippen LogP contribution in [0.25, 0.3) is 0 Å². The van der Waals surface area contributed by atoms with Gasteiger partial charge in [0.25, 0.3) is 0 Å². The van der Waals surface area contributed by atoms with Crippen LogP contribution >= 0.6 is 0 Å². The zero-order valence-electron chi connectivity index (χ0n) is 19.8. The van der Waals surface area contributed by atoms with Crippen LogP contribution in [0.15, 0.2) is 42.2 Å². The first kappa shape index (κ1) is 23.8. The smallest absolute Gasteiger partial charge is 0.335 e. The van der Waals surface area contributed by atoms with E-state index in [1.54, 1.807) is 0 Å². The van der Waals surface area contributed by atoms with Gasteiger partial charge in [0, 0.05) is 25.6 Å². The highest BCUT2D eigenvalue weighted by Gasteiger charge is 2.45. The first-order valence-corrected chi connectivity index (χ1v) is 12.3. The Hall–Kier alpha value is -2.31. The molecule has 3 aliphatic rings. The van der Waals surface area contributed by atoms with Crippen LogP contribution in [0.5, 0.6) is 5.75 Å². The Morgan fingerprint density at radius 3 is 2.70 bits per heavy atom. The molecule has 2 fully saturated rings. The lowest BCUT2D eigenvalue weighted by atomic mass is 9.81. The highest BCUT2D eigenvalue weighted by atomic mass is 16.5. The van der Waals surface area contributed by atoms with E-state index in [9.17, 15) is 9.90 Å². The predicted molar refractivity (Wildman–Crippen MR) is 126 cm³/mol. The summed E-state index contributed by atoms with van der Waals surface area (Å²) in [6.07, 6.45) is 10.5. The van der Waals surface area contributed by atoms with Gasteiger partial charge in [0.05, 0.1) is 19.3 Å². The van der Waals surface area contributed by atoms with Gasteiger partial charge < -0.3 is 24.1 Å². The molecule has 2 saturated heterocycles. The number of carbonyl (C=O) groups is 1. The van der Waals surface area contributed by atoms with Gasteiger partial charge in [-0.1, -0.05) is 25.1 Å². The molecule has 1 aliphatic carbocycles. The molecule has 0 saturated carbocycles. The number of carboxylic acids is 1. The standard InChI is InChI=1S/C27H36O6/c1-3-27(26(28)29)12-9-21-5-7-23(18-25(21)33-27)31-13-4-14-32-24-8-6-22(17-19(24)2)20-10-15-30-16-11-20/h5-8,17-18,20-21,25H,3-4,9-16H2,1-2H3,(H,28,29)/t21?,25?,27-/m1/s1. The summed E-state index contributed by atoms with van der Waals surface area (Å²) in [6, 6.07) is 6.50. The first-order valence-electron chi connectivity index (χ1n) is 12.3. The molecule has 1 aromatic rings. The summed E-state index contributed by atoms with van der Waals surface area (Å²) in [5.74, 6) is 1.59. The van der Waals surface area contributed by atoms with Gasteiger partial charge in [-0.25, -0.2) is 4.79 Å². The molecule has 0 radical (unpaired) electrons. The van der Waals surface area contributed by atoms with E-state index < -0.39 is 11.6 Å². The van der Waals surface area contributed by atoms with Gasteiger partial charge in [-0.05, 0) is 74.3 Å². The first-order chi connectivity index (χ1) is 16.0. The van der Waals surface area contributed by atoms with Gasteiger partial charge in [0.15, 0.2) is 5.60 Å². The largest absolute Gasteiger partial charge is 0.494 e. The lowest BCUT2D eigenvalue weighted by Gasteiger charge is -2.41. The zero-order chi connectivity index (χ0) is 23.3. The summed E-state index contributed by atoms with van der Waals surface area (Å²) in [7, 11) is 0. The Bertz CT molecular complexity index is 885.